The predicted molar refractivity (Wildman–Crippen MR) is 103 cm³/mol. The summed E-state index contributed by atoms with van der Waals surface area (Å²) in [5.41, 5.74) is 2.76. The third-order valence-electron chi connectivity index (χ3n) is 3.73. The molecule has 3 aromatic rings. The summed E-state index contributed by atoms with van der Waals surface area (Å²) < 4.78 is 39.6. The molecule has 0 aliphatic rings. The van der Waals surface area contributed by atoms with Crippen molar-refractivity contribution in [1.82, 2.24) is 5.16 Å². The Balaban J connectivity index is 2.05. The van der Waals surface area contributed by atoms with Gasteiger partial charge in [0, 0.05) is 16.1 Å². The van der Waals surface area contributed by atoms with Crippen molar-refractivity contribution in [3.63, 3.8) is 0 Å². The van der Waals surface area contributed by atoms with Gasteiger partial charge in [0.15, 0.2) is 5.76 Å². The number of methoxy groups -OCH3 is 1. The minimum Gasteiger partial charge on any atom is -0.495 e. The predicted octanol–water partition coefficient (Wildman–Crippen LogP) is 4.53. The average Bonchev–Trinajstić information content (AvgIpc) is 3.03. The number of hydrogen-bond acceptors (Lipinski definition) is 5. The molecule has 0 amide bonds. The monoisotopic (exact) mass is 436 g/mol. The summed E-state index contributed by atoms with van der Waals surface area (Å²) in [5.74, 6) is 0.721. The first kappa shape index (κ1) is 18.5. The van der Waals surface area contributed by atoms with E-state index in [1.54, 1.807) is 31.2 Å². The van der Waals surface area contributed by atoms with E-state index in [1.807, 2.05) is 19.1 Å². The van der Waals surface area contributed by atoms with Crippen molar-refractivity contribution in [1.29, 1.82) is 0 Å². The van der Waals surface area contributed by atoms with Gasteiger partial charge in [-0.15, -0.1) is 0 Å². The van der Waals surface area contributed by atoms with Crippen LogP contribution in [0.4, 0.5) is 5.69 Å². The fourth-order valence-electron chi connectivity index (χ4n) is 2.44. The molecule has 0 aliphatic heterocycles. The second-order valence-electron chi connectivity index (χ2n) is 5.79. The number of nitrogens with zero attached hydrogens (tertiary/aromatic N) is 1. The van der Waals surface area contributed by atoms with E-state index in [4.69, 9.17) is 9.26 Å². The van der Waals surface area contributed by atoms with Gasteiger partial charge < -0.3 is 9.26 Å². The summed E-state index contributed by atoms with van der Waals surface area (Å²) in [7, 11) is -2.46. The summed E-state index contributed by atoms with van der Waals surface area (Å²) in [5, 5.41) is 3.84. The number of halogens is 1. The van der Waals surface area contributed by atoms with Gasteiger partial charge in [-0.1, -0.05) is 11.2 Å². The van der Waals surface area contributed by atoms with Gasteiger partial charge in [0.2, 0.25) is 0 Å². The van der Waals surface area contributed by atoms with Crippen LogP contribution in [0.3, 0.4) is 0 Å². The van der Waals surface area contributed by atoms with Crippen LogP contribution >= 0.6 is 15.9 Å². The molecule has 6 nitrogen and oxygen atoms in total. The molecule has 0 saturated carbocycles. The van der Waals surface area contributed by atoms with Crippen LogP contribution in [0.5, 0.6) is 5.75 Å². The summed E-state index contributed by atoms with van der Waals surface area (Å²) in [6.45, 7) is 3.72. The van der Waals surface area contributed by atoms with Gasteiger partial charge in [-0.05, 0) is 65.7 Å². The Kier molecular flexibility index (Phi) is 5.06. The lowest BCUT2D eigenvalue weighted by Crippen LogP contribution is -2.14. The lowest BCUT2D eigenvalue weighted by molar-refractivity contribution is 0.402. The third-order valence-corrected chi connectivity index (χ3v) is 5.78. The maximum atomic E-state index is 12.9. The van der Waals surface area contributed by atoms with E-state index in [9.17, 15) is 8.42 Å². The van der Waals surface area contributed by atoms with Crippen molar-refractivity contribution in [2.75, 3.05) is 11.8 Å². The van der Waals surface area contributed by atoms with Gasteiger partial charge in [-0.3, -0.25) is 4.72 Å². The van der Waals surface area contributed by atoms with Crippen LogP contribution in [0.15, 0.2) is 56.4 Å². The Morgan fingerprint density at radius 2 is 1.88 bits per heavy atom. The molecule has 8 heteroatoms. The minimum atomic E-state index is -3.88. The summed E-state index contributed by atoms with van der Waals surface area (Å²) in [6, 6.07) is 11.9. The van der Waals surface area contributed by atoms with Crippen LogP contribution in [0.1, 0.15) is 11.3 Å². The van der Waals surface area contributed by atoms with Crippen LogP contribution in [-0.2, 0) is 10.0 Å². The van der Waals surface area contributed by atoms with E-state index < -0.39 is 10.0 Å². The topological polar surface area (TPSA) is 81.4 Å². The lowest BCUT2D eigenvalue weighted by atomic mass is 10.1. The van der Waals surface area contributed by atoms with Gasteiger partial charge in [0.1, 0.15) is 10.6 Å². The second kappa shape index (κ2) is 7.13. The van der Waals surface area contributed by atoms with Crippen molar-refractivity contribution in [2.45, 2.75) is 18.7 Å². The maximum Gasteiger partial charge on any atom is 0.265 e. The van der Waals surface area contributed by atoms with Crippen molar-refractivity contribution in [3.8, 4) is 17.1 Å². The quantitative estimate of drug-likeness (QED) is 0.634. The zero-order chi connectivity index (χ0) is 18.9. The minimum absolute atomic E-state index is 0.0130. The van der Waals surface area contributed by atoms with E-state index >= 15 is 0 Å². The lowest BCUT2D eigenvalue weighted by Gasteiger charge is -2.14. The number of sulfonamides is 1. The number of nitrogens with one attached hydrogen (secondary N) is 1. The molecule has 0 bridgehead atoms. The molecule has 0 radical (unpaired) electrons. The molecule has 1 heterocycles. The molecule has 2 aromatic carbocycles. The highest BCUT2D eigenvalue weighted by Crippen LogP contribution is 2.33. The fraction of sp³-hybridized carbons (Fsp3) is 0.167. The molecule has 0 spiro atoms. The Morgan fingerprint density at radius 1 is 1.12 bits per heavy atom. The molecular formula is C18H17BrN2O4S. The Bertz CT molecular complexity index is 1060. The van der Waals surface area contributed by atoms with E-state index in [-0.39, 0.29) is 10.6 Å². The fourth-order valence-corrected chi connectivity index (χ4v) is 4.44. The van der Waals surface area contributed by atoms with E-state index in [0.717, 1.165) is 5.56 Å². The zero-order valence-electron chi connectivity index (χ0n) is 14.4. The van der Waals surface area contributed by atoms with Crippen LogP contribution in [0, 0.1) is 13.8 Å². The standard InChI is InChI=1S/C18H17BrN2O4S/c1-11-4-6-15(14(19)8-11)21-26(22,23)18-10-13(5-7-16(18)24-3)17-9-12(2)20-25-17/h4-10,21H,1-3H3. The number of aryl methyl sites for hydroxylation is 2. The molecule has 0 saturated heterocycles. The van der Waals surface area contributed by atoms with Gasteiger partial charge in [0.25, 0.3) is 10.0 Å². The number of rotatable bonds is 5. The Hall–Kier alpha value is -2.32. The molecule has 0 fully saturated rings. The highest BCUT2D eigenvalue weighted by atomic mass is 79.9. The summed E-state index contributed by atoms with van der Waals surface area (Å²) >= 11 is 3.38. The van der Waals surface area contributed by atoms with E-state index in [2.05, 4.69) is 25.8 Å². The highest BCUT2D eigenvalue weighted by molar-refractivity contribution is 9.10. The largest absolute Gasteiger partial charge is 0.495 e. The van der Waals surface area contributed by atoms with Gasteiger partial charge >= 0.3 is 0 Å². The van der Waals surface area contributed by atoms with Crippen LogP contribution in [-0.4, -0.2) is 20.7 Å². The van der Waals surface area contributed by atoms with Crippen LogP contribution in [0.25, 0.3) is 11.3 Å². The van der Waals surface area contributed by atoms with Crippen LogP contribution in [0.2, 0.25) is 0 Å². The number of anilines is 1. The summed E-state index contributed by atoms with van der Waals surface area (Å²) in [4.78, 5) is 0.0130. The first-order chi connectivity index (χ1) is 12.3. The van der Waals surface area contributed by atoms with E-state index in [1.165, 1.54) is 13.2 Å². The van der Waals surface area contributed by atoms with E-state index in [0.29, 0.717) is 27.2 Å². The highest BCUT2D eigenvalue weighted by Gasteiger charge is 2.22. The molecule has 0 unspecified atom stereocenters. The molecule has 0 atom stereocenters. The Morgan fingerprint density at radius 3 is 2.50 bits per heavy atom. The van der Waals surface area contributed by atoms with Crippen LogP contribution < -0.4 is 9.46 Å². The zero-order valence-corrected chi connectivity index (χ0v) is 16.8. The molecule has 1 N–H and O–H groups in total. The van der Waals surface area contributed by atoms with Crippen molar-refractivity contribution < 1.29 is 17.7 Å². The molecule has 1 aromatic heterocycles. The number of aromatic nitrogens is 1. The van der Waals surface area contributed by atoms with Gasteiger partial charge in [0.05, 0.1) is 18.5 Å². The molecule has 26 heavy (non-hydrogen) atoms. The SMILES string of the molecule is COc1ccc(-c2cc(C)no2)cc1S(=O)(=O)Nc1ccc(C)cc1Br. The van der Waals surface area contributed by atoms with Crippen molar-refractivity contribution >= 4 is 31.6 Å². The Labute approximate surface area is 160 Å². The normalized spacial score (nSPS) is 11.4. The van der Waals surface area contributed by atoms with Gasteiger partial charge in [-0.25, -0.2) is 8.42 Å². The molecule has 0 aliphatic carbocycles. The molecular weight excluding hydrogens is 420 g/mol. The number of hydrogen-bond donors (Lipinski definition) is 1. The summed E-state index contributed by atoms with van der Waals surface area (Å²) in [6.07, 6.45) is 0. The third kappa shape index (κ3) is 3.76. The number of ether oxygens (including phenoxy) is 1. The molecule has 3 rings (SSSR count). The maximum absolute atomic E-state index is 12.9. The van der Waals surface area contributed by atoms with Gasteiger partial charge in [-0.2, -0.15) is 0 Å². The second-order valence-corrected chi connectivity index (χ2v) is 8.29. The van der Waals surface area contributed by atoms with Crippen molar-refractivity contribution in [2.24, 2.45) is 0 Å². The number of benzene rings is 2. The average molecular weight is 437 g/mol. The smallest absolute Gasteiger partial charge is 0.265 e. The first-order valence-corrected chi connectivity index (χ1v) is 9.98. The first-order valence-electron chi connectivity index (χ1n) is 7.71. The van der Waals surface area contributed by atoms with Crippen molar-refractivity contribution in [3.05, 3.63) is 58.2 Å². The molecule has 136 valence electrons.